The molecule has 0 saturated carbocycles. The third-order valence-corrected chi connectivity index (χ3v) is 6.27. The molecule has 0 radical (unpaired) electrons. The number of hydrogen-bond donors (Lipinski definition) is 0. The van der Waals surface area contributed by atoms with Crippen molar-refractivity contribution in [3.63, 3.8) is 0 Å². The van der Waals surface area contributed by atoms with Gasteiger partial charge in [0.25, 0.3) is 0 Å². The van der Waals surface area contributed by atoms with Crippen molar-refractivity contribution in [3.05, 3.63) is 82.3 Å². The Hall–Kier alpha value is -3.50. The Morgan fingerprint density at radius 2 is 1.85 bits per heavy atom. The van der Waals surface area contributed by atoms with Crippen LogP contribution < -0.4 is 0 Å². The molecule has 172 valence electrons. The smallest absolute Gasteiger partial charge is 0.355 e. The molecule has 5 nitrogen and oxygen atoms in total. The van der Waals surface area contributed by atoms with Crippen molar-refractivity contribution in [2.45, 2.75) is 13.1 Å². The van der Waals surface area contributed by atoms with Crippen molar-refractivity contribution in [3.8, 4) is 38.8 Å². The predicted octanol–water partition coefficient (Wildman–Crippen LogP) is 7.44. The normalized spacial score (nSPS) is 11.8. The molecule has 11 heteroatoms. The highest BCUT2D eigenvalue weighted by atomic mass is 35.5. The molecular weight excluding hydrogens is 492 g/mol. The first-order valence-electron chi connectivity index (χ1n) is 9.83. The van der Waals surface area contributed by atoms with E-state index in [1.807, 2.05) is 0 Å². The van der Waals surface area contributed by atoms with Crippen molar-refractivity contribution >= 4 is 22.9 Å². The molecular formula is C23H13ClF4N4OS. The number of nitrogens with zero attached hydrogens (tertiary/aromatic N) is 4. The standard InChI is InChI=1S/C23H13ClF4N4OS/c1-12-5-2-3-8-16(12)32-21(23(26,27)28)13(11-30-32)20-18(22-29-9-10-34-22)19(31-33-20)17-14(24)6-4-7-15(17)25/h2-11H,1H3. The van der Waals surface area contributed by atoms with Gasteiger partial charge in [-0.2, -0.15) is 18.3 Å². The monoisotopic (exact) mass is 504 g/mol. The van der Waals surface area contributed by atoms with Crippen LogP contribution in [0.3, 0.4) is 0 Å². The summed E-state index contributed by atoms with van der Waals surface area (Å²) >= 11 is 7.37. The number of aromatic nitrogens is 4. The minimum absolute atomic E-state index is 0.0318. The summed E-state index contributed by atoms with van der Waals surface area (Å²) in [4.78, 5) is 4.21. The van der Waals surface area contributed by atoms with Gasteiger partial charge in [0.2, 0.25) is 0 Å². The Labute approximate surface area is 199 Å². The van der Waals surface area contributed by atoms with Gasteiger partial charge in [-0.25, -0.2) is 14.1 Å². The summed E-state index contributed by atoms with van der Waals surface area (Å²) in [6.45, 7) is 1.69. The van der Waals surface area contributed by atoms with E-state index in [1.54, 1.807) is 30.5 Å². The molecule has 0 N–H and O–H groups in total. The Morgan fingerprint density at radius 1 is 1.06 bits per heavy atom. The second-order valence-corrected chi connectivity index (χ2v) is 8.57. The van der Waals surface area contributed by atoms with Crippen LogP contribution in [0, 0.1) is 12.7 Å². The van der Waals surface area contributed by atoms with Crippen LogP contribution in [0.1, 0.15) is 11.3 Å². The zero-order valence-corrected chi connectivity index (χ0v) is 18.8. The van der Waals surface area contributed by atoms with Gasteiger partial charge in [-0.15, -0.1) is 11.3 Å². The number of thiazole rings is 1. The number of benzene rings is 2. The fourth-order valence-corrected chi connectivity index (χ4v) is 4.62. The molecule has 0 atom stereocenters. The van der Waals surface area contributed by atoms with E-state index in [0.29, 0.717) is 10.6 Å². The third-order valence-electron chi connectivity index (χ3n) is 5.16. The number of halogens is 5. The first-order chi connectivity index (χ1) is 16.3. The molecule has 0 aliphatic heterocycles. The summed E-state index contributed by atoms with van der Waals surface area (Å²) in [6, 6.07) is 10.6. The lowest BCUT2D eigenvalue weighted by molar-refractivity contribution is -0.142. The molecule has 2 aromatic carbocycles. The molecule has 0 fully saturated rings. The van der Waals surface area contributed by atoms with Gasteiger partial charge in [0.05, 0.1) is 33.6 Å². The molecule has 0 aliphatic rings. The largest absolute Gasteiger partial charge is 0.434 e. The maximum atomic E-state index is 14.7. The van der Waals surface area contributed by atoms with E-state index in [4.69, 9.17) is 16.1 Å². The molecule has 0 unspecified atom stereocenters. The molecule has 3 heterocycles. The molecule has 0 aliphatic carbocycles. The van der Waals surface area contributed by atoms with Crippen molar-refractivity contribution in [2.75, 3.05) is 0 Å². The van der Waals surface area contributed by atoms with Crippen LogP contribution in [-0.4, -0.2) is 19.9 Å². The number of alkyl halides is 3. The van der Waals surface area contributed by atoms with Crippen LogP contribution in [0.25, 0.3) is 38.8 Å². The molecule has 5 rings (SSSR count). The molecule has 34 heavy (non-hydrogen) atoms. The maximum absolute atomic E-state index is 14.7. The Kier molecular flexibility index (Phi) is 5.49. The minimum Gasteiger partial charge on any atom is -0.355 e. The van der Waals surface area contributed by atoms with Crippen LogP contribution in [0.2, 0.25) is 5.02 Å². The Bertz CT molecular complexity index is 1470. The van der Waals surface area contributed by atoms with Gasteiger partial charge in [0.15, 0.2) is 11.5 Å². The second-order valence-electron chi connectivity index (χ2n) is 7.27. The van der Waals surface area contributed by atoms with E-state index in [-0.39, 0.29) is 38.9 Å². The van der Waals surface area contributed by atoms with Gasteiger partial charge < -0.3 is 4.52 Å². The lowest BCUT2D eigenvalue weighted by Gasteiger charge is -2.14. The molecule has 0 bridgehead atoms. The Morgan fingerprint density at radius 3 is 2.53 bits per heavy atom. The van der Waals surface area contributed by atoms with E-state index in [9.17, 15) is 17.6 Å². The fourth-order valence-electron chi connectivity index (χ4n) is 3.69. The van der Waals surface area contributed by atoms with E-state index in [1.165, 1.54) is 30.5 Å². The van der Waals surface area contributed by atoms with Crippen LogP contribution in [0.5, 0.6) is 0 Å². The first-order valence-corrected chi connectivity index (χ1v) is 11.1. The predicted molar refractivity (Wildman–Crippen MR) is 120 cm³/mol. The first kappa shape index (κ1) is 22.3. The van der Waals surface area contributed by atoms with Crippen LogP contribution in [-0.2, 0) is 6.18 Å². The summed E-state index contributed by atoms with van der Waals surface area (Å²) in [5.74, 6) is -0.937. The highest BCUT2D eigenvalue weighted by Crippen LogP contribution is 2.47. The van der Waals surface area contributed by atoms with E-state index >= 15 is 0 Å². The van der Waals surface area contributed by atoms with Gasteiger partial charge in [-0.3, -0.25) is 0 Å². The van der Waals surface area contributed by atoms with Crippen molar-refractivity contribution in [2.24, 2.45) is 0 Å². The van der Waals surface area contributed by atoms with E-state index in [2.05, 4.69) is 15.2 Å². The summed E-state index contributed by atoms with van der Waals surface area (Å²) in [6.07, 6.45) is -2.26. The topological polar surface area (TPSA) is 56.7 Å². The molecule has 0 spiro atoms. The van der Waals surface area contributed by atoms with Gasteiger partial charge in [0, 0.05) is 11.6 Å². The van der Waals surface area contributed by atoms with Gasteiger partial charge in [-0.1, -0.05) is 41.0 Å². The average molecular weight is 505 g/mol. The number of para-hydroxylation sites is 1. The van der Waals surface area contributed by atoms with Crippen LogP contribution >= 0.6 is 22.9 Å². The van der Waals surface area contributed by atoms with Crippen LogP contribution in [0.15, 0.2) is 64.8 Å². The highest BCUT2D eigenvalue weighted by Gasteiger charge is 2.41. The van der Waals surface area contributed by atoms with Crippen molar-refractivity contribution < 1.29 is 22.1 Å². The van der Waals surface area contributed by atoms with E-state index < -0.39 is 17.7 Å². The van der Waals surface area contributed by atoms with Crippen molar-refractivity contribution in [1.29, 1.82) is 0 Å². The molecule has 0 amide bonds. The quantitative estimate of drug-likeness (QED) is 0.239. The number of aryl methyl sites for hydroxylation is 1. The zero-order chi connectivity index (χ0) is 24.0. The van der Waals surface area contributed by atoms with Gasteiger partial charge in [-0.05, 0) is 30.7 Å². The number of rotatable bonds is 4. The SMILES string of the molecule is Cc1ccccc1-n1ncc(-c2onc(-c3c(F)cccc3Cl)c2-c2nccs2)c1C(F)(F)F. The van der Waals surface area contributed by atoms with Crippen LogP contribution in [0.4, 0.5) is 17.6 Å². The number of hydrogen-bond acceptors (Lipinski definition) is 5. The maximum Gasteiger partial charge on any atom is 0.434 e. The third kappa shape index (κ3) is 3.68. The lowest BCUT2D eigenvalue weighted by atomic mass is 10.0. The molecule has 3 aromatic heterocycles. The minimum atomic E-state index is -4.79. The second kappa shape index (κ2) is 8.37. The summed E-state index contributed by atoms with van der Waals surface area (Å²) in [5, 5.41) is 9.91. The zero-order valence-electron chi connectivity index (χ0n) is 17.3. The van der Waals surface area contributed by atoms with Gasteiger partial charge >= 0.3 is 6.18 Å². The molecule has 5 aromatic rings. The fraction of sp³-hybridized carbons (Fsp3) is 0.0870. The average Bonchev–Trinajstić information content (AvgIpc) is 3.52. The summed E-state index contributed by atoms with van der Waals surface area (Å²) < 4.78 is 64.0. The Balaban J connectivity index is 1.81. The molecule has 0 saturated heterocycles. The summed E-state index contributed by atoms with van der Waals surface area (Å²) in [7, 11) is 0. The highest BCUT2D eigenvalue weighted by molar-refractivity contribution is 7.13. The van der Waals surface area contributed by atoms with Gasteiger partial charge in [0.1, 0.15) is 16.5 Å². The van der Waals surface area contributed by atoms with E-state index in [0.717, 1.165) is 22.2 Å². The lowest BCUT2D eigenvalue weighted by Crippen LogP contribution is -2.15. The van der Waals surface area contributed by atoms with Crippen molar-refractivity contribution in [1.82, 2.24) is 19.9 Å². The summed E-state index contributed by atoms with van der Waals surface area (Å²) in [5.41, 5.74) is -0.604.